The number of halogens is 1. The van der Waals surface area contributed by atoms with Gasteiger partial charge < -0.3 is 0 Å². The zero-order valence-corrected chi connectivity index (χ0v) is 15.3. The van der Waals surface area contributed by atoms with Crippen LogP contribution in [0.5, 0.6) is 0 Å². The molecule has 0 bridgehead atoms. The second-order valence-corrected chi connectivity index (χ2v) is 6.19. The van der Waals surface area contributed by atoms with Gasteiger partial charge in [-0.25, -0.2) is 0 Å². The predicted octanol–water partition coefficient (Wildman–Crippen LogP) is 1.30. The van der Waals surface area contributed by atoms with E-state index in [1.165, 1.54) is 13.2 Å². The van der Waals surface area contributed by atoms with Crippen molar-refractivity contribution in [1.29, 1.82) is 0 Å². The van der Waals surface area contributed by atoms with Gasteiger partial charge in [-0.15, -0.1) is 0 Å². The van der Waals surface area contributed by atoms with Gasteiger partial charge in [0.25, 0.3) is 11.8 Å². The maximum absolute atomic E-state index is 12.2. The number of aryl methyl sites for hydroxylation is 1. The molecule has 0 aliphatic rings. The molecule has 0 unspecified atom stereocenters. The Morgan fingerprint density at radius 2 is 1.86 bits per heavy atom. The van der Waals surface area contributed by atoms with Crippen LogP contribution < -0.4 is 10.9 Å². The lowest BCUT2D eigenvalue weighted by Crippen LogP contribution is -2.42. The third-order valence-electron chi connectivity index (χ3n) is 3.67. The number of nitro groups is 1. The van der Waals surface area contributed by atoms with Crippen molar-refractivity contribution in [3.05, 3.63) is 74.8 Å². The molecule has 2 heterocycles. The fourth-order valence-corrected chi connectivity index (χ4v) is 2.55. The number of nitrogens with zero attached hydrogens (tertiary/aromatic N) is 5. The van der Waals surface area contributed by atoms with Crippen molar-refractivity contribution < 1.29 is 14.5 Å². The van der Waals surface area contributed by atoms with Crippen LogP contribution in [0.25, 0.3) is 0 Å². The maximum Gasteiger partial charge on any atom is 0.320 e. The van der Waals surface area contributed by atoms with Gasteiger partial charge in [0.05, 0.1) is 22.7 Å². The predicted molar refractivity (Wildman–Crippen MR) is 97.6 cm³/mol. The summed E-state index contributed by atoms with van der Waals surface area (Å²) in [5.41, 5.74) is 4.64. The lowest BCUT2D eigenvalue weighted by molar-refractivity contribution is -0.385. The molecule has 0 spiro atoms. The number of aromatic nitrogens is 4. The first kappa shape index (κ1) is 19.0. The first-order chi connectivity index (χ1) is 13.3. The Bertz CT molecular complexity index is 1040. The smallest absolute Gasteiger partial charge is 0.268 e. The minimum absolute atomic E-state index is 0.290. The number of hydrogen-bond donors (Lipinski definition) is 2. The van der Waals surface area contributed by atoms with Gasteiger partial charge in [-0.3, -0.25) is 39.9 Å². The Labute approximate surface area is 163 Å². The molecule has 3 rings (SSSR count). The molecule has 2 amide bonds. The second kappa shape index (κ2) is 7.88. The molecule has 12 heteroatoms. The summed E-state index contributed by atoms with van der Waals surface area (Å²) in [6.07, 6.45) is 4.30. The molecule has 0 fully saturated rings. The van der Waals surface area contributed by atoms with Crippen LogP contribution in [0.3, 0.4) is 0 Å². The van der Waals surface area contributed by atoms with E-state index < -0.39 is 28.1 Å². The highest BCUT2D eigenvalue weighted by Crippen LogP contribution is 2.15. The SMILES string of the molecule is Cn1cc([N+](=O)[O-])c(C(=O)NNC(=O)c2ccc(Cn3cc(Cl)cn3)cc2)n1. The van der Waals surface area contributed by atoms with E-state index in [-0.39, 0.29) is 5.56 Å². The Balaban J connectivity index is 1.60. The maximum atomic E-state index is 12.2. The third-order valence-corrected chi connectivity index (χ3v) is 3.87. The fraction of sp³-hybridized carbons (Fsp3) is 0.125. The van der Waals surface area contributed by atoms with Crippen molar-refractivity contribution in [2.45, 2.75) is 6.54 Å². The summed E-state index contributed by atoms with van der Waals surface area (Å²) in [7, 11) is 1.45. The summed E-state index contributed by atoms with van der Waals surface area (Å²) in [5, 5.41) is 19.3. The number of hydrogen-bond acceptors (Lipinski definition) is 6. The number of amides is 2. The first-order valence-electron chi connectivity index (χ1n) is 7.89. The highest BCUT2D eigenvalue weighted by atomic mass is 35.5. The quantitative estimate of drug-likeness (QED) is 0.486. The molecule has 0 aliphatic carbocycles. The van der Waals surface area contributed by atoms with Crippen LogP contribution in [0.1, 0.15) is 26.4 Å². The van der Waals surface area contributed by atoms with Crippen molar-refractivity contribution in [3.63, 3.8) is 0 Å². The summed E-state index contributed by atoms with van der Waals surface area (Å²) in [5.74, 6) is -1.48. The average Bonchev–Trinajstić information content (AvgIpc) is 3.25. The van der Waals surface area contributed by atoms with E-state index in [0.717, 1.165) is 16.4 Å². The van der Waals surface area contributed by atoms with E-state index in [1.54, 1.807) is 35.1 Å². The van der Waals surface area contributed by atoms with Crippen molar-refractivity contribution in [2.24, 2.45) is 7.05 Å². The lowest BCUT2D eigenvalue weighted by Gasteiger charge is -2.07. The summed E-state index contributed by atoms with van der Waals surface area (Å²) >= 11 is 5.81. The molecule has 11 nitrogen and oxygen atoms in total. The van der Waals surface area contributed by atoms with Gasteiger partial charge in [-0.1, -0.05) is 23.7 Å². The van der Waals surface area contributed by atoms with Gasteiger partial charge in [0.2, 0.25) is 5.69 Å². The minimum Gasteiger partial charge on any atom is -0.268 e. The molecule has 0 atom stereocenters. The summed E-state index contributed by atoms with van der Waals surface area (Å²) < 4.78 is 2.79. The molecule has 3 aromatic rings. The Morgan fingerprint density at radius 3 is 2.46 bits per heavy atom. The summed E-state index contributed by atoms with van der Waals surface area (Å²) in [6, 6.07) is 6.61. The van der Waals surface area contributed by atoms with Gasteiger partial charge in [-0.05, 0) is 17.7 Å². The van der Waals surface area contributed by atoms with E-state index in [9.17, 15) is 19.7 Å². The molecule has 0 aliphatic heterocycles. The summed E-state index contributed by atoms with van der Waals surface area (Å²) in [6.45, 7) is 0.481. The van der Waals surface area contributed by atoms with Crippen LogP contribution >= 0.6 is 11.6 Å². The van der Waals surface area contributed by atoms with E-state index in [4.69, 9.17) is 11.6 Å². The summed E-state index contributed by atoms with van der Waals surface area (Å²) in [4.78, 5) is 34.4. The first-order valence-corrected chi connectivity index (χ1v) is 8.27. The van der Waals surface area contributed by atoms with E-state index in [1.807, 2.05) is 0 Å². The topological polar surface area (TPSA) is 137 Å². The number of benzene rings is 1. The largest absolute Gasteiger partial charge is 0.320 e. The van der Waals surface area contributed by atoms with Crippen molar-refractivity contribution >= 4 is 29.1 Å². The van der Waals surface area contributed by atoms with E-state index in [2.05, 4.69) is 21.0 Å². The van der Waals surface area contributed by atoms with Crippen LogP contribution in [0.4, 0.5) is 5.69 Å². The molecular formula is C16H14ClN7O4. The molecule has 2 aromatic heterocycles. The molecule has 1 aromatic carbocycles. The molecule has 0 saturated heterocycles. The highest BCUT2D eigenvalue weighted by molar-refractivity contribution is 6.30. The van der Waals surface area contributed by atoms with Crippen LogP contribution in [0.15, 0.2) is 42.9 Å². The molecule has 144 valence electrons. The van der Waals surface area contributed by atoms with Gasteiger partial charge in [0.1, 0.15) is 6.20 Å². The monoisotopic (exact) mass is 403 g/mol. The molecule has 0 radical (unpaired) electrons. The fourth-order valence-electron chi connectivity index (χ4n) is 2.39. The minimum atomic E-state index is -0.896. The van der Waals surface area contributed by atoms with E-state index >= 15 is 0 Å². The van der Waals surface area contributed by atoms with Gasteiger partial charge in [0.15, 0.2) is 0 Å². The number of nitrogens with one attached hydrogen (secondary N) is 2. The van der Waals surface area contributed by atoms with Crippen molar-refractivity contribution in [1.82, 2.24) is 30.4 Å². The number of hydrazine groups is 1. The Hall–Kier alpha value is -3.73. The van der Waals surface area contributed by atoms with Crippen molar-refractivity contribution in [3.8, 4) is 0 Å². The van der Waals surface area contributed by atoms with Crippen LogP contribution in [0, 0.1) is 10.1 Å². The zero-order chi connectivity index (χ0) is 20.3. The van der Waals surface area contributed by atoms with Gasteiger partial charge >= 0.3 is 5.69 Å². The Kier molecular flexibility index (Phi) is 5.36. The molecule has 0 saturated carbocycles. The molecule has 28 heavy (non-hydrogen) atoms. The second-order valence-electron chi connectivity index (χ2n) is 5.76. The number of carbonyl (C=O) groups excluding carboxylic acids is 2. The Morgan fingerprint density at radius 1 is 1.18 bits per heavy atom. The zero-order valence-electron chi connectivity index (χ0n) is 14.5. The normalized spacial score (nSPS) is 10.5. The third kappa shape index (κ3) is 4.32. The van der Waals surface area contributed by atoms with Gasteiger partial charge in [-0.2, -0.15) is 10.2 Å². The van der Waals surface area contributed by atoms with Crippen molar-refractivity contribution in [2.75, 3.05) is 0 Å². The van der Waals surface area contributed by atoms with Gasteiger partial charge in [0, 0.05) is 18.8 Å². The lowest BCUT2D eigenvalue weighted by atomic mass is 10.1. The number of rotatable bonds is 5. The van der Waals surface area contributed by atoms with E-state index in [0.29, 0.717) is 11.6 Å². The molecular weight excluding hydrogens is 390 g/mol. The van der Waals surface area contributed by atoms with Crippen LogP contribution in [0.2, 0.25) is 5.02 Å². The van der Waals surface area contributed by atoms with Crippen LogP contribution in [-0.4, -0.2) is 36.3 Å². The highest BCUT2D eigenvalue weighted by Gasteiger charge is 2.25. The molecule has 2 N–H and O–H groups in total. The number of carbonyl (C=O) groups is 2. The average molecular weight is 404 g/mol. The van der Waals surface area contributed by atoms with Crippen LogP contribution in [-0.2, 0) is 13.6 Å². The standard InChI is InChI=1S/C16H14ClN7O4/c1-22-9-13(24(27)28)14(21-22)16(26)20-19-15(25)11-4-2-10(3-5-11)7-23-8-12(17)6-18-23/h2-6,8-9H,7H2,1H3,(H,19,25)(H,20,26).